The van der Waals surface area contributed by atoms with E-state index >= 15 is 0 Å². The standard InChI is InChI=1S/C20H19ClN2O4/c1-27-20(26)12-6-8-14(9-7-12)23-19(25)16-10-15(16)18(24)22-11-13-4-2-3-5-17(13)21/h2-9,15-16H,10-11H2,1H3,(H,22,24)(H,23,25). The van der Waals surface area contributed by atoms with Crippen molar-refractivity contribution >= 4 is 35.1 Å². The van der Waals surface area contributed by atoms with Gasteiger partial charge >= 0.3 is 5.97 Å². The maximum atomic E-state index is 12.3. The minimum absolute atomic E-state index is 0.156. The Kier molecular flexibility index (Phi) is 5.76. The number of anilines is 1. The number of ether oxygens (including phenoxy) is 1. The molecule has 0 heterocycles. The molecule has 0 radical (unpaired) electrons. The number of hydrogen-bond acceptors (Lipinski definition) is 4. The Labute approximate surface area is 161 Å². The zero-order valence-electron chi connectivity index (χ0n) is 14.7. The molecule has 0 spiro atoms. The molecule has 7 heteroatoms. The van der Waals surface area contributed by atoms with Gasteiger partial charge < -0.3 is 15.4 Å². The van der Waals surface area contributed by atoms with Gasteiger partial charge in [-0.25, -0.2) is 4.79 Å². The lowest BCUT2D eigenvalue weighted by molar-refractivity contribution is -0.125. The smallest absolute Gasteiger partial charge is 0.337 e. The Morgan fingerprint density at radius 2 is 1.70 bits per heavy atom. The average Bonchev–Trinajstić information content (AvgIpc) is 3.48. The molecule has 0 saturated heterocycles. The lowest BCUT2D eigenvalue weighted by Gasteiger charge is -2.08. The minimum Gasteiger partial charge on any atom is -0.465 e. The van der Waals surface area contributed by atoms with E-state index in [1.807, 2.05) is 18.2 Å². The highest BCUT2D eigenvalue weighted by Crippen LogP contribution is 2.39. The number of esters is 1. The third-order valence-electron chi connectivity index (χ3n) is 4.45. The van der Waals surface area contributed by atoms with Gasteiger partial charge in [0, 0.05) is 17.3 Å². The van der Waals surface area contributed by atoms with Crippen molar-refractivity contribution in [1.82, 2.24) is 5.32 Å². The van der Waals surface area contributed by atoms with Crippen molar-refractivity contribution in [2.24, 2.45) is 11.8 Å². The molecule has 6 nitrogen and oxygen atoms in total. The van der Waals surface area contributed by atoms with Crippen molar-refractivity contribution in [3.63, 3.8) is 0 Å². The zero-order valence-corrected chi connectivity index (χ0v) is 15.5. The third kappa shape index (κ3) is 4.65. The summed E-state index contributed by atoms with van der Waals surface area (Å²) in [6, 6.07) is 13.7. The number of hydrogen-bond donors (Lipinski definition) is 2. The summed E-state index contributed by atoms with van der Waals surface area (Å²) in [5, 5.41) is 6.18. The van der Waals surface area contributed by atoms with Crippen molar-refractivity contribution in [3.05, 3.63) is 64.7 Å². The molecule has 3 rings (SSSR count). The predicted molar refractivity (Wildman–Crippen MR) is 101 cm³/mol. The second kappa shape index (κ2) is 8.22. The highest BCUT2D eigenvalue weighted by molar-refractivity contribution is 6.31. The number of rotatable bonds is 6. The number of carbonyl (C=O) groups is 3. The minimum atomic E-state index is -0.440. The summed E-state index contributed by atoms with van der Waals surface area (Å²) in [6.07, 6.45) is 0.514. The molecular weight excluding hydrogens is 368 g/mol. The second-order valence-electron chi connectivity index (χ2n) is 6.32. The number of nitrogens with one attached hydrogen (secondary N) is 2. The molecule has 27 heavy (non-hydrogen) atoms. The van der Waals surface area contributed by atoms with Crippen LogP contribution in [-0.4, -0.2) is 24.9 Å². The predicted octanol–water partition coefficient (Wildman–Crippen LogP) is 3.02. The highest BCUT2D eigenvalue weighted by Gasteiger charge is 2.47. The molecule has 2 atom stereocenters. The molecule has 0 bridgehead atoms. The Balaban J connectivity index is 1.49. The SMILES string of the molecule is COC(=O)c1ccc(NC(=O)C2CC2C(=O)NCc2ccccc2Cl)cc1. The quantitative estimate of drug-likeness (QED) is 0.747. The van der Waals surface area contributed by atoms with Gasteiger partial charge in [-0.1, -0.05) is 29.8 Å². The first-order chi connectivity index (χ1) is 13.0. The van der Waals surface area contributed by atoms with E-state index in [9.17, 15) is 14.4 Å². The van der Waals surface area contributed by atoms with Crippen LogP contribution in [0.4, 0.5) is 5.69 Å². The van der Waals surface area contributed by atoms with Gasteiger partial charge in [0.25, 0.3) is 0 Å². The Bertz CT molecular complexity index is 867. The molecule has 1 aliphatic rings. The van der Waals surface area contributed by atoms with Gasteiger partial charge in [-0.15, -0.1) is 0 Å². The molecule has 0 aliphatic heterocycles. The van der Waals surface area contributed by atoms with E-state index in [0.717, 1.165) is 5.56 Å². The van der Waals surface area contributed by atoms with Crippen molar-refractivity contribution in [2.75, 3.05) is 12.4 Å². The molecule has 0 aromatic heterocycles. The van der Waals surface area contributed by atoms with Gasteiger partial charge in [-0.2, -0.15) is 0 Å². The normalized spacial score (nSPS) is 17.7. The summed E-state index contributed by atoms with van der Waals surface area (Å²) < 4.78 is 4.63. The third-order valence-corrected chi connectivity index (χ3v) is 4.82. The summed E-state index contributed by atoms with van der Waals surface area (Å²) in [4.78, 5) is 35.9. The number of benzene rings is 2. The molecule has 1 aliphatic carbocycles. The first kappa shape index (κ1) is 18.9. The molecule has 2 amide bonds. The van der Waals surface area contributed by atoms with Crippen molar-refractivity contribution in [1.29, 1.82) is 0 Å². The van der Waals surface area contributed by atoms with Crippen molar-refractivity contribution in [2.45, 2.75) is 13.0 Å². The van der Waals surface area contributed by atoms with Crippen LogP contribution in [0.25, 0.3) is 0 Å². The maximum Gasteiger partial charge on any atom is 0.337 e. The van der Waals surface area contributed by atoms with Crippen LogP contribution < -0.4 is 10.6 Å². The summed E-state index contributed by atoms with van der Waals surface area (Å²) in [7, 11) is 1.31. The number of methoxy groups -OCH3 is 1. The first-order valence-corrected chi connectivity index (χ1v) is 8.87. The number of halogens is 1. The zero-order chi connectivity index (χ0) is 19.4. The Morgan fingerprint density at radius 3 is 2.37 bits per heavy atom. The molecule has 2 N–H and O–H groups in total. The lowest BCUT2D eigenvalue weighted by atomic mass is 10.2. The van der Waals surface area contributed by atoms with Crippen LogP contribution >= 0.6 is 11.6 Å². The molecule has 2 unspecified atom stereocenters. The van der Waals surface area contributed by atoms with Crippen molar-refractivity contribution < 1.29 is 19.1 Å². The van der Waals surface area contributed by atoms with Crippen LogP contribution in [0.1, 0.15) is 22.3 Å². The fourth-order valence-corrected chi connectivity index (χ4v) is 2.97. The van der Waals surface area contributed by atoms with Crippen LogP contribution in [0.5, 0.6) is 0 Å². The molecule has 140 valence electrons. The van der Waals surface area contributed by atoms with Crippen LogP contribution in [0.2, 0.25) is 5.02 Å². The largest absolute Gasteiger partial charge is 0.465 e. The molecule has 1 fully saturated rings. The maximum absolute atomic E-state index is 12.3. The van der Waals surface area contributed by atoms with Gasteiger partial charge in [-0.05, 0) is 42.3 Å². The van der Waals surface area contributed by atoms with Crippen molar-refractivity contribution in [3.8, 4) is 0 Å². The molecule has 2 aromatic carbocycles. The summed E-state index contributed by atoms with van der Waals surface area (Å²) >= 11 is 6.07. The second-order valence-corrected chi connectivity index (χ2v) is 6.72. The van der Waals surface area contributed by atoms with Gasteiger partial charge in [-0.3, -0.25) is 9.59 Å². The Morgan fingerprint density at radius 1 is 1.04 bits per heavy atom. The highest BCUT2D eigenvalue weighted by atomic mass is 35.5. The number of carbonyl (C=O) groups excluding carboxylic acids is 3. The first-order valence-electron chi connectivity index (χ1n) is 8.50. The van der Waals surface area contributed by atoms with E-state index in [-0.39, 0.29) is 23.7 Å². The van der Waals surface area contributed by atoms with E-state index in [1.165, 1.54) is 7.11 Å². The molecular formula is C20H19ClN2O4. The van der Waals surface area contributed by atoms with E-state index < -0.39 is 5.97 Å². The summed E-state index contributed by atoms with van der Waals surface area (Å²) in [6.45, 7) is 0.332. The van der Waals surface area contributed by atoms with Crippen LogP contribution in [0.15, 0.2) is 48.5 Å². The van der Waals surface area contributed by atoms with Gasteiger partial charge in [0.15, 0.2) is 0 Å². The van der Waals surface area contributed by atoms with E-state index in [1.54, 1.807) is 30.3 Å². The van der Waals surface area contributed by atoms with Crippen LogP contribution in [0, 0.1) is 11.8 Å². The van der Waals surface area contributed by atoms with E-state index in [0.29, 0.717) is 29.2 Å². The fourth-order valence-electron chi connectivity index (χ4n) is 2.77. The number of amides is 2. The van der Waals surface area contributed by atoms with Gasteiger partial charge in [0.2, 0.25) is 11.8 Å². The van der Waals surface area contributed by atoms with Gasteiger partial charge in [0.1, 0.15) is 0 Å². The topological polar surface area (TPSA) is 84.5 Å². The monoisotopic (exact) mass is 386 g/mol. The van der Waals surface area contributed by atoms with Crippen LogP contribution in [-0.2, 0) is 20.9 Å². The summed E-state index contributed by atoms with van der Waals surface area (Å²) in [5.74, 6) is -1.49. The van der Waals surface area contributed by atoms with Gasteiger partial charge in [0.05, 0.1) is 24.5 Å². The fraction of sp³-hybridized carbons (Fsp3) is 0.250. The Hall–Kier alpha value is -2.86. The van der Waals surface area contributed by atoms with E-state index in [2.05, 4.69) is 15.4 Å². The molecule has 2 aromatic rings. The van der Waals surface area contributed by atoms with Crippen LogP contribution in [0.3, 0.4) is 0 Å². The molecule has 1 saturated carbocycles. The summed E-state index contributed by atoms with van der Waals surface area (Å²) in [5.41, 5.74) is 1.80. The average molecular weight is 387 g/mol. The van der Waals surface area contributed by atoms with E-state index in [4.69, 9.17) is 11.6 Å². The lowest BCUT2D eigenvalue weighted by Crippen LogP contribution is -2.27.